The van der Waals surface area contributed by atoms with Crippen molar-refractivity contribution < 1.29 is 9.94 Å². The lowest BCUT2D eigenvalue weighted by atomic mass is 10.0. The van der Waals surface area contributed by atoms with Gasteiger partial charge in [-0.15, -0.1) is 0 Å². The van der Waals surface area contributed by atoms with Crippen LogP contribution in [0.3, 0.4) is 0 Å². The number of rotatable bonds is 7. The molecule has 0 aliphatic carbocycles. The van der Waals surface area contributed by atoms with E-state index in [4.69, 9.17) is 15.7 Å². The fourth-order valence-electron chi connectivity index (χ4n) is 2.08. The highest BCUT2D eigenvalue weighted by atomic mass is 16.5. The molecule has 0 saturated heterocycles. The number of nitrogens with zero attached hydrogens (tertiary/aromatic N) is 1. The lowest BCUT2D eigenvalue weighted by Crippen LogP contribution is -2.35. The molecule has 0 aliphatic rings. The van der Waals surface area contributed by atoms with Crippen LogP contribution in [0.15, 0.2) is 29.4 Å². The van der Waals surface area contributed by atoms with Gasteiger partial charge in [0.05, 0.1) is 7.11 Å². The van der Waals surface area contributed by atoms with Crippen molar-refractivity contribution in [2.24, 2.45) is 10.9 Å². The molecular weight excluding hydrogens is 242 g/mol. The van der Waals surface area contributed by atoms with Crippen molar-refractivity contribution >= 4 is 5.84 Å². The second-order valence-corrected chi connectivity index (χ2v) is 4.53. The van der Waals surface area contributed by atoms with E-state index in [1.807, 2.05) is 24.3 Å². The van der Waals surface area contributed by atoms with E-state index >= 15 is 0 Å². The van der Waals surface area contributed by atoms with Crippen molar-refractivity contribution in [2.45, 2.75) is 38.8 Å². The molecule has 1 aromatic carbocycles. The molecule has 0 aromatic heterocycles. The highest BCUT2D eigenvalue weighted by Gasteiger charge is 2.16. The monoisotopic (exact) mass is 265 g/mol. The van der Waals surface area contributed by atoms with Crippen molar-refractivity contribution in [3.05, 3.63) is 29.8 Å². The summed E-state index contributed by atoms with van der Waals surface area (Å²) in [7, 11) is 1.67. The van der Waals surface area contributed by atoms with Gasteiger partial charge in [-0.05, 0) is 19.4 Å². The van der Waals surface area contributed by atoms with Crippen LogP contribution in [0, 0.1) is 0 Å². The molecule has 0 bridgehead atoms. The summed E-state index contributed by atoms with van der Waals surface area (Å²) >= 11 is 0. The summed E-state index contributed by atoms with van der Waals surface area (Å²) in [6.07, 6.45) is 1.42. The first-order valence-electron chi connectivity index (χ1n) is 6.47. The molecule has 5 heteroatoms. The molecule has 4 N–H and O–H groups in total. The van der Waals surface area contributed by atoms with Crippen LogP contribution in [0.25, 0.3) is 0 Å². The molecule has 0 fully saturated rings. The smallest absolute Gasteiger partial charge is 0.140 e. The summed E-state index contributed by atoms with van der Waals surface area (Å²) in [5.41, 5.74) is 6.66. The SMILES string of the molecule is CCC(C/C(N)=N/O)N[C@H](C)c1ccccc1OC. The second-order valence-electron chi connectivity index (χ2n) is 4.53. The minimum Gasteiger partial charge on any atom is -0.496 e. The Bertz CT molecular complexity index is 421. The fraction of sp³-hybridized carbons (Fsp3) is 0.500. The topological polar surface area (TPSA) is 79.9 Å². The molecule has 1 aromatic rings. The summed E-state index contributed by atoms with van der Waals surface area (Å²) < 4.78 is 5.36. The van der Waals surface area contributed by atoms with Gasteiger partial charge in [-0.25, -0.2) is 0 Å². The molecule has 19 heavy (non-hydrogen) atoms. The molecule has 0 amide bonds. The summed E-state index contributed by atoms with van der Waals surface area (Å²) in [5.74, 6) is 1.10. The van der Waals surface area contributed by atoms with Gasteiger partial charge in [0.1, 0.15) is 11.6 Å². The van der Waals surface area contributed by atoms with E-state index in [-0.39, 0.29) is 17.9 Å². The maximum absolute atomic E-state index is 8.63. The van der Waals surface area contributed by atoms with Crippen LogP contribution in [0.1, 0.15) is 38.3 Å². The predicted molar refractivity (Wildman–Crippen MR) is 76.6 cm³/mol. The second kappa shape index (κ2) is 7.63. The maximum Gasteiger partial charge on any atom is 0.140 e. The van der Waals surface area contributed by atoms with Crippen molar-refractivity contribution in [3.8, 4) is 5.75 Å². The van der Waals surface area contributed by atoms with E-state index in [9.17, 15) is 0 Å². The Kier molecular flexibility index (Phi) is 6.15. The molecule has 0 spiro atoms. The Balaban J connectivity index is 2.74. The Morgan fingerprint density at radius 2 is 2.16 bits per heavy atom. The van der Waals surface area contributed by atoms with Gasteiger partial charge in [0.15, 0.2) is 0 Å². The van der Waals surface area contributed by atoms with Crippen LogP contribution in [-0.2, 0) is 0 Å². The lowest BCUT2D eigenvalue weighted by Gasteiger charge is -2.23. The number of nitrogens with one attached hydrogen (secondary N) is 1. The molecule has 0 saturated carbocycles. The number of amidine groups is 1. The van der Waals surface area contributed by atoms with Gasteiger partial charge in [-0.1, -0.05) is 30.3 Å². The number of benzene rings is 1. The van der Waals surface area contributed by atoms with E-state index in [2.05, 4.69) is 24.3 Å². The molecule has 0 radical (unpaired) electrons. The third-order valence-electron chi connectivity index (χ3n) is 3.17. The van der Waals surface area contributed by atoms with E-state index in [1.165, 1.54) is 0 Å². The number of para-hydroxylation sites is 1. The first kappa shape index (κ1) is 15.3. The molecule has 0 aliphatic heterocycles. The molecule has 2 atom stereocenters. The molecule has 0 heterocycles. The van der Waals surface area contributed by atoms with Crippen LogP contribution >= 0.6 is 0 Å². The number of methoxy groups -OCH3 is 1. The van der Waals surface area contributed by atoms with Gasteiger partial charge in [0, 0.05) is 24.1 Å². The van der Waals surface area contributed by atoms with E-state index < -0.39 is 0 Å². The predicted octanol–water partition coefficient (Wildman–Crippen LogP) is 2.26. The summed E-state index contributed by atoms with van der Waals surface area (Å²) in [6, 6.07) is 8.21. The first-order valence-corrected chi connectivity index (χ1v) is 6.47. The Morgan fingerprint density at radius 1 is 1.47 bits per heavy atom. The minimum atomic E-state index is 0.132. The van der Waals surface area contributed by atoms with Gasteiger partial charge in [-0.2, -0.15) is 0 Å². The number of oxime groups is 1. The zero-order valence-corrected chi connectivity index (χ0v) is 11.8. The van der Waals surface area contributed by atoms with E-state index in [0.29, 0.717) is 6.42 Å². The third kappa shape index (κ3) is 4.44. The number of hydrogen-bond donors (Lipinski definition) is 3. The van der Waals surface area contributed by atoms with Gasteiger partial charge < -0.3 is 21.0 Å². The van der Waals surface area contributed by atoms with Gasteiger partial charge in [0.25, 0.3) is 0 Å². The van der Waals surface area contributed by atoms with Crippen molar-refractivity contribution in [2.75, 3.05) is 7.11 Å². The highest BCUT2D eigenvalue weighted by molar-refractivity contribution is 5.80. The van der Waals surface area contributed by atoms with Gasteiger partial charge >= 0.3 is 0 Å². The average Bonchev–Trinajstić information content (AvgIpc) is 2.45. The Labute approximate surface area is 114 Å². The zero-order valence-electron chi connectivity index (χ0n) is 11.8. The quantitative estimate of drug-likeness (QED) is 0.306. The summed E-state index contributed by atoms with van der Waals surface area (Å²) in [5, 5.41) is 15.1. The Hall–Kier alpha value is -1.75. The molecule has 106 valence electrons. The van der Waals surface area contributed by atoms with Gasteiger partial charge in [-0.3, -0.25) is 0 Å². The van der Waals surface area contributed by atoms with Crippen LogP contribution < -0.4 is 15.8 Å². The maximum atomic E-state index is 8.63. The minimum absolute atomic E-state index is 0.132. The normalized spacial score (nSPS) is 15.0. The zero-order chi connectivity index (χ0) is 14.3. The Morgan fingerprint density at radius 3 is 2.74 bits per heavy atom. The number of ether oxygens (including phenoxy) is 1. The molecular formula is C14H23N3O2. The largest absolute Gasteiger partial charge is 0.496 e. The van der Waals surface area contributed by atoms with Crippen molar-refractivity contribution in [3.63, 3.8) is 0 Å². The first-order chi connectivity index (χ1) is 9.12. The standard InChI is InChI=1S/C14H23N3O2/c1-4-11(9-14(15)17-18)16-10(2)12-7-5-6-8-13(12)19-3/h5-8,10-11,16,18H,4,9H2,1-3H3,(H2,15,17)/t10-,11?/m1/s1. The summed E-state index contributed by atoms with van der Waals surface area (Å²) in [4.78, 5) is 0. The van der Waals surface area contributed by atoms with Crippen LogP contribution in [0.4, 0.5) is 0 Å². The molecule has 1 rings (SSSR count). The number of nitrogens with two attached hydrogens (primary N) is 1. The highest BCUT2D eigenvalue weighted by Crippen LogP contribution is 2.25. The fourth-order valence-corrected chi connectivity index (χ4v) is 2.08. The third-order valence-corrected chi connectivity index (χ3v) is 3.17. The van der Waals surface area contributed by atoms with Crippen molar-refractivity contribution in [1.82, 2.24) is 5.32 Å². The molecule has 1 unspecified atom stereocenters. The van der Waals surface area contributed by atoms with Crippen LogP contribution in [-0.4, -0.2) is 24.2 Å². The molecule has 5 nitrogen and oxygen atoms in total. The van der Waals surface area contributed by atoms with Crippen molar-refractivity contribution in [1.29, 1.82) is 0 Å². The van der Waals surface area contributed by atoms with E-state index in [0.717, 1.165) is 17.7 Å². The van der Waals surface area contributed by atoms with E-state index in [1.54, 1.807) is 7.11 Å². The number of hydrogen-bond acceptors (Lipinski definition) is 4. The lowest BCUT2D eigenvalue weighted by molar-refractivity contribution is 0.314. The van der Waals surface area contributed by atoms with Gasteiger partial charge in [0.2, 0.25) is 0 Å². The summed E-state index contributed by atoms with van der Waals surface area (Å²) in [6.45, 7) is 4.14. The average molecular weight is 265 g/mol. The van der Waals surface area contributed by atoms with Crippen LogP contribution in [0.5, 0.6) is 5.75 Å². The van der Waals surface area contributed by atoms with Crippen LogP contribution in [0.2, 0.25) is 0 Å².